The Kier molecular flexibility index (Phi) is 14.8. The summed E-state index contributed by atoms with van der Waals surface area (Å²) in [4.78, 5) is 37.0. The van der Waals surface area contributed by atoms with E-state index in [4.69, 9.17) is 33.2 Å². The minimum atomic E-state index is 0.0961. The number of benzene rings is 2. The number of pyridine rings is 2. The molecule has 1 N–H and O–H groups in total. The van der Waals surface area contributed by atoms with Crippen LogP contribution < -0.4 is 5.32 Å². The highest BCUT2D eigenvalue weighted by Crippen LogP contribution is 2.48. The average Bonchev–Trinajstić information content (AvgIpc) is 3.49. The smallest absolute Gasteiger partial charge is 0.222 e. The predicted octanol–water partition coefficient (Wildman–Crippen LogP) is 12.8. The van der Waals surface area contributed by atoms with Gasteiger partial charge in [0.25, 0.3) is 0 Å². The van der Waals surface area contributed by atoms with Gasteiger partial charge < -0.3 is 10.2 Å². The van der Waals surface area contributed by atoms with Crippen molar-refractivity contribution in [2.24, 2.45) is 17.8 Å². The van der Waals surface area contributed by atoms with Gasteiger partial charge >= 0.3 is 0 Å². The summed E-state index contributed by atoms with van der Waals surface area (Å²) in [6.45, 7) is 3.72. The third-order valence-electron chi connectivity index (χ3n) is 13.4. The van der Waals surface area contributed by atoms with E-state index < -0.39 is 0 Å². The molecule has 4 aromatic rings. The van der Waals surface area contributed by atoms with Gasteiger partial charge in [0.05, 0.1) is 11.4 Å². The zero-order valence-electron chi connectivity index (χ0n) is 33.2. The number of nitrogens with one attached hydrogen (secondary N) is 1. The van der Waals surface area contributed by atoms with Crippen LogP contribution in [0.25, 0.3) is 0 Å². The van der Waals surface area contributed by atoms with Crippen molar-refractivity contribution in [1.29, 1.82) is 0 Å². The number of ketones is 1. The predicted molar refractivity (Wildman–Crippen MR) is 252 cm³/mol. The minimum absolute atomic E-state index is 0.0961. The van der Waals surface area contributed by atoms with Crippen LogP contribution >= 0.6 is 86.9 Å². The number of nitrogens with zero attached hydrogens (tertiary/aromatic N) is 3. The van der Waals surface area contributed by atoms with Crippen LogP contribution in [0.1, 0.15) is 121 Å². The third-order valence-corrected chi connectivity index (χ3v) is 16.1. The van der Waals surface area contributed by atoms with E-state index in [0.29, 0.717) is 42.8 Å². The van der Waals surface area contributed by atoms with Gasteiger partial charge in [0.2, 0.25) is 5.91 Å². The molecule has 2 aromatic heterocycles. The van der Waals surface area contributed by atoms with Crippen molar-refractivity contribution in [1.82, 2.24) is 20.2 Å². The lowest BCUT2D eigenvalue weighted by Gasteiger charge is -2.37. The van der Waals surface area contributed by atoms with E-state index in [2.05, 4.69) is 93.3 Å². The van der Waals surface area contributed by atoms with Crippen molar-refractivity contribution in [3.8, 4) is 0 Å². The number of rotatable bonds is 5. The van der Waals surface area contributed by atoms with E-state index in [-0.39, 0.29) is 17.7 Å². The number of hydrogen-bond donors (Lipinski definition) is 1. The number of likely N-dealkylation sites (tertiary alicyclic amines) is 1. The molecule has 6 nitrogen and oxygen atoms in total. The number of carbonyl (C=O) groups is 2. The Bertz CT molecular complexity index is 2210. The number of Topliss-reactive ketones (excluding diaryl/α,β-unsaturated/α-hetero) is 1. The lowest BCUT2D eigenvalue weighted by Crippen LogP contribution is -2.40. The molecule has 1 amide bonds. The average molecular weight is 1090 g/mol. The lowest BCUT2D eigenvalue weighted by atomic mass is 9.76. The number of piperidine rings is 2. The Labute approximate surface area is 392 Å². The molecular formula is C47H50Br4Cl2N4O2. The molecule has 2 aromatic carbocycles. The minimum Gasteiger partial charge on any atom is -0.343 e. The van der Waals surface area contributed by atoms with Crippen LogP contribution in [0.4, 0.5) is 0 Å². The Balaban J connectivity index is 0.000000176. The molecule has 12 heteroatoms. The maximum Gasteiger partial charge on any atom is 0.222 e. The first kappa shape index (κ1) is 44.0. The number of amides is 1. The number of carbonyl (C=O) groups excluding carboxylic acids is 2. The third kappa shape index (κ3) is 10.1. The first-order valence-electron chi connectivity index (χ1n) is 21.3. The fourth-order valence-electron chi connectivity index (χ4n) is 10.5. The molecule has 1 unspecified atom stereocenters. The first-order chi connectivity index (χ1) is 28.5. The fourth-order valence-corrected chi connectivity index (χ4v) is 13.5. The van der Waals surface area contributed by atoms with Gasteiger partial charge in [-0.05, 0) is 197 Å². The van der Waals surface area contributed by atoms with Crippen LogP contribution in [-0.4, -0.2) is 52.7 Å². The van der Waals surface area contributed by atoms with Gasteiger partial charge in [-0.2, -0.15) is 0 Å². The highest BCUT2D eigenvalue weighted by Gasteiger charge is 2.37. The van der Waals surface area contributed by atoms with Crippen molar-refractivity contribution in [3.63, 3.8) is 0 Å². The number of fused-ring (bicyclic) bond motifs is 4. The molecule has 3 fully saturated rings. The molecule has 4 heterocycles. The summed E-state index contributed by atoms with van der Waals surface area (Å²) in [7, 11) is 0. The Hall–Kier alpha value is -1.66. The van der Waals surface area contributed by atoms with Crippen LogP contribution in [0.3, 0.4) is 0 Å². The second-order valence-electron chi connectivity index (χ2n) is 17.0. The van der Waals surface area contributed by atoms with Crippen molar-refractivity contribution in [2.75, 3.05) is 26.2 Å². The highest BCUT2D eigenvalue weighted by atomic mass is 79.9. The van der Waals surface area contributed by atoms with Gasteiger partial charge in [0, 0.05) is 84.0 Å². The van der Waals surface area contributed by atoms with E-state index in [1.807, 2.05) is 29.4 Å². The molecular weight excluding hydrogens is 1040 g/mol. The highest BCUT2D eigenvalue weighted by molar-refractivity contribution is 9.11. The lowest BCUT2D eigenvalue weighted by molar-refractivity contribution is -0.133. The van der Waals surface area contributed by atoms with E-state index in [1.165, 1.54) is 51.9 Å². The number of halogens is 6. The molecule has 1 saturated carbocycles. The SMILES string of the molecule is Clc1cc(Br)c2c(c1)CCc1cc(Br)cnc1[C@@H]2C1CCNCC1.O=C1CCCCC1CCC(=O)N1CCC([C@H]2c3ncc(Br)cc3CCc3cc(Cl)cc(Br)c32)CC1. The molecule has 3 atom stereocenters. The van der Waals surface area contributed by atoms with Crippen LogP contribution in [-0.2, 0) is 35.3 Å². The summed E-state index contributed by atoms with van der Waals surface area (Å²) >= 11 is 27.6. The summed E-state index contributed by atoms with van der Waals surface area (Å²) in [6, 6.07) is 12.8. The van der Waals surface area contributed by atoms with Crippen molar-refractivity contribution < 1.29 is 9.59 Å². The molecule has 5 aliphatic rings. The van der Waals surface area contributed by atoms with Crippen LogP contribution in [0.2, 0.25) is 10.0 Å². The topological polar surface area (TPSA) is 75.2 Å². The maximum absolute atomic E-state index is 13.0. The Morgan fingerprint density at radius 1 is 0.661 bits per heavy atom. The van der Waals surface area contributed by atoms with Crippen molar-refractivity contribution in [2.45, 2.75) is 102 Å². The van der Waals surface area contributed by atoms with Gasteiger partial charge in [-0.25, -0.2) is 0 Å². The van der Waals surface area contributed by atoms with E-state index in [0.717, 1.165) is 118 Å². The first-order valence-corrected chi connectivity index (χ1v) is 25.2. The monoisotopic (exact) mass is 1090 g/mol. The van der Waals surface area contributed by atoms with Crippen LogP contribution in [0, 0.1) is 17.8 Å². The second-order valence-corrected chi connectivity index (χ2v) is 21.4. The van der Waals surface area contributed by atoms with Gasteiger partial charge in [-0.15, -0.1) is 0 Å². The maximum atomic E-state index is 13.0. The quantitative estimate of drug-likeness (QED) is 0.216. The molecule has 0 bridgehead atoms. The number of hydrogen-bond acceptors (Lipinski definition) is 5. The Morgan fingerprint density at radius 3 is 1.69 bits per heavy atom. The summed E-state index contributed by atoms with van der Waals surface area (Å²) in [5.41, 5.74) is 10.4. The van der Waals surface area contributed by atoms with Gasteiger partial charge in [0.15, 0.2) is 0 Å². The summed E-state index contributed by atoms with van der Waals surface area (Å²) in [6.07, 6.45) is 17.0. The van der Waals surface area contributed by atoms with Crippen LogP contribution in [0.15, 0.2) is 66.7 Å². The molecule has 2 aliphatic heterocycles. The molecule has 0 radical (unpaired) electrons. The number of aryl methyl sites for hydroxylation is 4. The summed E-state index contributed by atoms with van der Waals surface area (Å²) in [5, 5.41) is 5.06. The summed E-state index contributed by atoms with van der Waals surface area (Å²) in [5.74, 6) is 2.21. The van der Waals surface area contributed by atoms with Gasteiger partial charge in [-0.1, -0.05) is 61.5 Å². The van der Waals surface area contributed by atoms with Gasteiger partial charge in [0.1, 0.15) is 5.78 Å². The second kappa shape index (κ2) is 19.8. The van der Waals surface area contributed by atoms with Crippen molar-refractivity contribution in [3.05, 3.63) is 121 Å². The van der Waals surface area contributed by atoms with E-state index >= 15 is 0 Å². The normalized spacial score (nSPS) is 22.2. The van der Waals surface area contributed by atoms with E-state index in [9.17, 15) is 9.59 Å². The fraction of sp³-hybridized carbons (Fsp3) is 0.489. The molecule has 59 heavy (non-hydrogen) atoms. The Morgan fingerprint density at radius 2 is 1.17 bits per heavy atom. The molecule has 312 valence electrons. The standard InChI is InChI=1S/C28H31Br2ClN2O2.C19H19Br2ClN2/c29-21-13-20-6-5-19-14-22(31)15-23(30)26(19)27(28(20)32-16-21)18-9-11-33(12-10-18)25(35)8-7-17-3-1-2-4-24(17)34;20-14-7-13-2-1-12-8-15(22)9-16(21)17(12)18(19(13)24-10-14)11-3-5-23-6-4-11/h13-18,27H,1-12H2;7-11,18,23H,1-6H2/t17?,27-;18-/m11/s1. The van der Waals surface area contributed by atoms with Gasteiger partial charge in [-0.3, -0.25) is 19.6 Å². The largest absolute Gasteiger partial charge is 0.343 e. The van der Waals surface area contributed by atoms with Crippen LogP contribution in [0.5, 0.6) is 0 Å². The van der Waals surface area contributed by atoms with E-state index in [1.54, 1.807) is 0 Å². The molecule has 9 rings (SSSR count). The van der Waals surface area contributed by atoms with Crippen molar-refractivity contribution >= 4 is 98.6 Å². The number of aromatic nitrogens is 2. The zero-order chi connectivity index (χ0) is 41.2. The molecule has 0 spiro atoms. The molecule has 2 saturated heterocycles. The summed E-state index contributed by atoms with van der Waals surface area (Å²) < 4.78 is 4.26. The molecule has 3 aliphatic carbocycles. The zero-order valence-corrected chi connectivity index (χ0v) is 41.0.